The molecule has 72 valence electrons. The number of rotatable bonds is 3. The maximum atomic E-state index is 5.77. The monoisotopic (exact) mass is 178 g/mol. The van der Waals surface area contributed by atoms with Crippen molar-refractivity contribution in [2.24, 2.45) is 5.73 Å². The molecule has 0 bridgehead atoms. The minimum atomic E-state index is 0.222. The van der Waals surface area contributed by atoms with E-state index in [1.165, 1.54) is 11.1 Å². The minimum absolute atomic E-state index is 0.222. The molecular weight excluding hydrogens is 160 g/mol. The quantitative estimate of drug-likeness (QED) is 0.769. The molecule has 0 saturated heterocycles. The van der Waals surface area contributed by atoms with Gasteiger partial charge < -0.3 is 5.73 Å². The normalized spacial score (nSPS) is 13.3. The van der Waals surface area contributed by atoms with Crippen molar-refractivity contribution in [2.75, 3.05) is 0 Å². The molecule has 0 aromatic carbocycles. The summed E-state index contributed by atoms with van der Waals surface area (Å²) >= 11 is 0. The van der Waals surface area contributed by atoms with Crippen molar-refractivity contribution < 1.29 is 0 Å². The van der Waals surface area contributed by atoms with E-state index in [9.17, 15) is 0 Å². The summed E-state index contributed by atoms with van der Waals surface area (Å²) < 4.78 is 0. The molecule has 1 atom stereocenters. The SMILES string of the molecule is CC(N)Cc1ccncc1C(C)C. The van der Waals surface area contributed by atoms with E-state index in [1.807, 2.05) is 19.3 Å². The summed E-state index contributed by atoms with van der Waals surface area (Å²) in [4.78, 5) is 4.13. The summed E-state index contributed by atoms with van der Waals surface area (Å²) in [6.45, 7) is 6.40. The summed E-state index contributed by atoms with van der Waals surface area (Å²) in [5, 5.41) is 0. The molecule has 2 nitrogen and oxygen atoms in total. The Kier molecular flexibility index (Phi) is 3.43. The van der Waals surface area contributed by atoms with Crippen molar-refractivity contribution in [1.82, 2.24) is 4.98 Å². The van der Waals surface area contributed by atoms with Gasteiger partial charge in [-0.05, 0) is 36.5 Å². The third-order valence-electron chi connectivity index (χ3n) is 2.11. The first-order valence-corrected chi connectivity index (χ1v) is 4.79. The Balaban J connectivity index is 2.91. The number of aromatic nitrogens is 1. The Morgan fingerprint density at radius 1 is 1.38 bits per heavy atom. The van der Waals surface area contributed by atoms with Crippen LogP contribution >= 0.6 is 0 Å². The van der Waals surface area contributed by atoms with Gasteiger partial charge in [0, 0.05) is 18.4 Å². The smallest absolute Gasteiger partial charge is 0.0305 e. The highest BCUT2D eigenvalue weighted by atomic mass is 14.6. The summed E-state index contributed by atoms with van der Waals surface area (Å²) in [6, 6.07) is 2.29. The fourth-order valence-electron chi connectivity index (χ4n) is 1.49. The lowest BCUT2D eigenvalue weighted by Gasteiger charge is -2.13. The lowest BCUT2D eigenvalue weighted by atomic mass is 9.96. The van der Waals surface area contributed by atoms with E-state index in [1.54, 1.807) is 0 Å². The van der Waals surface area contributed by atoms with Crippen molar-refractivity contribution in [2.45, 2.75) is 39.2 Å². The fraction of sp³-hybridized carbons (Fsp3) is 0.545. The zero-order valence-electron chi connectivity index (χ0n) is 8.62. The van der Waals surface area contributed by atoms with Gasteiger partial charge in [-0.1, -0.05) is 13.8 Å². The van der Waals surface area contributed by atoms with Crippen molar-refractivity contribution in [3.8, 4) is 0 Å². The van der Waals surface area contributed by atoms with Gasteiger partial charge in [0.05, 0.1) is 0 Å². The van der Waals surface area contributed by atoms with Gasteiger partial charge in [-0.2, -0.15) is 0 Å². The molecule has 0 aliphatic carbocycles. The summed E-state index contributed by atoms with van der Waals surface area (Å²) in [6.07, 6.45) is 4.72. The van der Waals surface area contributed by atoms with Crippen LogP contribution in [0, 0.1) is 0 Å². The Morgan fingerprint density at radius 2 is 2.08 bits per heavy atom. The van der Waals surface area contributed by atoms with Gasteiger partial charge in [-0.15, -0.1) is 0 Å². The van der Waals surface area contributed by atoms with E-state index in [2.05, 4.69) is 24.9 Å². The molecule has 0 saturated carbocycles. The van der Waals surface area contributed by atoms with Crippen molar-refractivity contribution in [1.29, 1.82) is 0 Å². The Bertz CT molecular complexity index is 267. The first-order chi connectivity index (χ1) is 6.11. The van der Waals surface area contributed by atoms with E-state index < -0.39 is 0 Å². The Labute approximate surface area is 80.2 Å². The van der Waals surface area contributed by atoms with Crippen LogP contribution in [0.15, 0.2) is 18.5 Å². The molecule has 0 aliphatic heterocycles. The van der Waals surface area contributed by atoms with Crippen molar-refractivity contribution >= 4 is 0 Å². The van der Waals surface area contributed by atoms with Crippen LogP contribution in [0.25, 0.3) is 0 Å². The molecule has 13 heavy (non-hydrogen) atoms. The van der Waals surface area contributed by atoms with Crippen LogP contribution < -0.4 is 5.73 Å². The summed E-state index contributed by atoms with van der Waals surface area (Å²) in [5.74, 6) is 0.530. The number of nitrogens with two attached hydrogens (primary N) is 1. The standard InChI is InChI=1S/C11H18N2/c1-8(2)11-7-13-5-4-10(11)6-9(3)12/h4-5,7-9H,6,12H2,1-3H3. The highest BCUT2D eigenvalue weighted by Gasteiger charge is 2.07. The van der Waals surface area contributed by atoms with E-state index in [0.717, 1.165) is 6.42 Å². The Morgan fingerprint density at radius 3 is 2.62 bits per heavy atom. The topological polar surface area (TPSA) is 38.9 Å². The molecule has 1 aromatic heterocycles. The predicted octanol–water partition coefficient (Wildman–Crippen LogP) is 2.09. The van der Waals surface area contributed by atoms with Crippen molar-refractivity contribution in [3.63, 3.8) is 0 Å². The van der Waals surface area contributed by atoms with Gasteiger partial charge >= 0.3 is 0 Å². The van der Waals surface area contributed by atoms with Gasteiger partial charge in [0.2, 0.25) is 0 Å². The second-order valence-electron chi connectivity index (χ2n) is 3.91. The average Bonchev–Trinajstić information content (AvgIpc) is 2.03. The first kappa shape index (κ1) is 10.2. The minimum Gasteiger partial charge on any atom is -0.328 e. The summed E-state index contributed by atoms with van der Waals surface area (Å²) in [5.41, 5.74) is 8.43. The highest BCUT2D eigenvalue weighted by molar-refractivity contribution is 5.26. The first-order valence-electron chi connectivity index (χ1n) is 4.79. The third kappa shape index (κ3) is 2.81. The van der Waals surface area contributed by atoms with E-state index in [0.29, 0.717) is 5.92 Å². The maximum absolute atomic E-state index is 5.77. The number of pyridine rings is 1. The van der Waals surface area contributed by atoms with Gasteiger partial charge in [-0.3, -0.25) is 4.98 Å². The van der Waals surface area contributed by atoms with Crippen LogP contribution in [0.4, 0.5) is 0 Å². The van der Waals surface area contributed by atoms with E-state index >= 15 is 0 Å². The molecule has 0 amide bonds. The molecule has 0 radical (unpaired) electrons. The maximum Gasteiger partial charge on any atom is 0.0305 e. The Hall–Kier alpha value is -0.890. The zero-order valence-corrected chi connectivity index (χ0v) is 8.62. The van der Waals surface area contributed by atoms with Crippen LogP contribution in [-0.4, -0.2) is 11.0 Å². The molecular formula is C11H18N2. The van der Waals surface area contributed by atoms with E-state index in [4.69, 9.17) is 5.73 Å². The second-order valence-corrected chi connectivity index (χ2v) is 3.91. The molecule has 2 heteroatoms. The molecule has 0 aliphatic rings. The third-order valence-corrected chi connectivity index (χ3v) is 2.11. The van der Waals surface area contributed by atoms with Gasteiger partial charge in [-0.25, -0.2) is 0 Å². The van der Waals surface area contributed by atoms with Gasteiger partial charge in [0.25, 0.3) is 0 Å². The van der Waals surface area contributed by atoms with Crippen molar-refractivity contribution in [3.05, 3.63) is 29.6 Å². The van der Waals surface area contributed by atoms with Crippen LogP contribution in [-0.2, 0) is 6.42 Å². The fourth-order valence-corrected chi connectivity index (χ4v) is 1.49. The largest absolute Gasteiger partial charge is 0.328 e. The highest BCUT2D eigenvalue weighted by Crippen LogP contribution is 2.18. The van der Waals surface area contributed by atoms with Gasteiger partial charge in [0.15, 0.2) is 0 Å². The predicted molar refractivity (Wildman–Crippen MR) is 55.7 cm³/mol. The average molecular weight is 178 g/mol. The molecule has 0 spiro atoms. The molecule has 1 heterocycles. The molecule has 1 rings (SSSR count). The second kappa shape index (κ2) is 4.38. The number of nitrogens with zero attached hydrogens (tertiary/aromatic N) is 1. The number of hydrogen-bond donors (Lipinski definition) is 1. The van der Waals surface area contributed by atoms with Crippen LogP contribution in [0.5, 0.6) is 0 Å². The lowest BCUT2D eigenvalue weighted by molar-refractivity contribution is 0.718. The lowest BCUT2D eigenvalue weighted by Crippen LogP contribution is -2.19. The van der Waals surface area contributed by atoms with Crippen LogP contribution in [0.3, 0.4) is 0 Å². The molecule has 1 unspecified atom stereocenters. The summed E-state index contributed by atoms with van der Waals surface area (Å²) in [7, 11) is 0. The van der Waals surface area contributed by atoms with Gasteiger partial charge in [0.1, 0.15) is 0 Å². The molecule has 1 aromatic rings. The zero-order chi connectivity index (χ0) is 9.84. The molecule has 0 fully saturated rings. The number of hydrogen-bond acceptors (Lipinski definition) is 2. The molecule has 2 N–H and O–H groups in total. The van der Waals surface area contributed by atoms with E-state index in [-0.39, 0.29) is 6.04 Å². The van der Waals surface area contributed by atoms with Crippen LogP contribution in [0.1, 0.15) is 37.8 Å². The van der Waals surface area contributed by atoms with Crippen LogP contribution in [0.2, 0.25) is 0 Å².